The van der Waals surface area contributed by atoms with Gasteiger partial charge in [-0.05, 0) is 54.1 Å². The number of hydrogen-bond donors (Lipinski definition) is 2. The molecule has 7 heteroatoms. The summed E-state index contributed by atoms with van der Waals surface area (Å²) < 4.78 is 1.54. The maximum atomic E-state index is 13.3. The number of carbonyl (C=O) groups excluding carboxylic acids is 1. The Morgan fingerprint density at radius 1 is 0.971 bits per heavy atom. The summed E-state index contributed by atoms with van der Waals surface area (Å²) in [4.78, 5) is 37.8. The van der Waals surface area contributed by atoms with E-state index in [9.17, 15) is 9.59 Å². The van der Waals surface area contributed by atoms with Crippen molar-refractivity contribution in [2.45, 2.75) is 18.8 Å². The highest BCUT2D eigenvalue weighted by Crippen LogP contribution is 2.31. The highest BCUT2D eigenvalue weighted by molar-refractivity contribution is 5.95. The number of amides is 1. The van der Waals surface area contributed by atoms with Crippen molar-refractivity contribution in [1.82, 2.24) is 24.4 Å². The Kier molecular flexibility index (Phi) is 4.83. The number of hydrogen-bond acceptors (Lipinski definition) is 3. The molecule has 34 heavy (non-hydrogen) atoms. The average Bonchev–Trinajstić information content (AvgIpc) is 3.44. The van der Waals surface area contributed by atoms with E-state index in [0.29, 0.717) is 17.1 Å². The third-order valence-electron chi connectivity index (χ3n) is 6.97. The summed E-state index contributed by atoms with van der Waals surface area (Å²) >= 11 is 0. The maximum Gasteiger partial charge on any atom is 0.327 e. The van der Waals surface area contributed by atoms with E-state index in [4.69, 9.17) is 0 Å². The van der Waals surface area contributed by atoms with Crippen LogP contribution in [0.15, 0.2) is 71.7 Å². The van der Waals surface area contributed by atoms with Crippen molar-refractivity contribution in [3.63, 3.8) is 0 Å². The van der Waals surface area contributed by atoms with Crippen LogP contribution in [0.1, 0.15) is 34.8 Å². The lowest BCUT2D eigenvalue weighted by Gasteiger charge is -2.31. The highest BCUT2D eigenvalue weighted by Gasteiger charge is 2.25. The van der Waals surface area contributed by atoms with Gasteiger partial charge in [-0.15, -0.1) is 0 Å². The van der Waals surface area contributed by atoms with Gasteiger partial charge in [0.15, 0.2) is 5.65 Å². The van der Waals surface area contributed by atoms with E-state index in [0.717, 1.165) is 42.6 Å². The molecule has 6 rings (SSSR count). The number of piperidine rings is 1. The summed E-state index contributed by atoms with van der Waals surface area (Å²) in [5.74, 6) is 0.494. The number of benzene rings is 2. The van der Waals surface area contributed by atoms with Crippen molar-refractivity contribution >= 4 is 28.0 Å². The van der Waals surface area contributed by atoms with Crippen LogP contribution < -0.4 is 5.69 Å². The molecule has 2 N–H and O–H groups in total. The first-order chi connectivity index (χ1) is 16.6. The quantitative estimate of drug-likeness (QED) is 0.425. The summed E-state index contributed by atoms with van der Waals surface area (Å²) in [6, 6.07) is 20.2. The van der Waals surface area contributed by atoms with Crippen LogP contribution in [-0.4, -0.2) is 43.4 Å². The Hall–Kier alpha value is -4.13. The van der Waals surface area contributed by atoms with Gasteiger partial charge in [0.2, 0.25) is 0 Å². The second kappa shape index (κ2) is 8.02. The zero-order valence-electron chi connectivity index (χ0n) is 18.9. The predicted molar refractivity (Wildman–Crippen MR) is 133 cm³/mol. The molecule has 1 amide bonds. The molecule has 5 aromatic rings. The van der Waals surface area contributed by atoms with Gasteiger partial charge in [0.05, 0.1) is 5.52 Å². The molecule has 1 fully saturated rings. The summed E-state index contributed by atoms with van der Waals surface area (Å²) in [7, 11) is 1.71. The molecule has 0 aliphatic carbocycles. The molecule has 4 heterocycles. The van der Waals surface area contributed by atoms with Gasteiger partial charge in [-0.1, -0.05) is 30.3 Å². The number of para-hydroxylation sites is 1. The zero-order chi connectivity index (χ0) is 23.2. The molecule has 0 radical (unpaired) electrons. The molecule has 2 aromatic carbocycles. The van der Waals surface area contributed by atoms with Crippen LogP contribution >= 0.6 is 0 Å². The van der Waals surface area contributed by atoms with E-state index in [2.05, 4.69) is 39.2 Å². The van der Waals surface area contributed by atoms with Crippen LogP contribution in [0, 0.1) is 0 Å². The Balaban J connectivity index is 1.19. The van der Waals surface area contributed by atoms with E-state index in [1.165, 1.54) is 21.2 Å². The van der Waals surface area contributed by atoms with E-state index in [1.54, 1.807) is 13.2 Å². The van der Waals surface area contributed by atoms with Crippen molar-refractivity contribution < 1.29 is 4.79 Å². The zero-order valence-corrected chi connectivity index (χ0v) is 18.9. The molecule has 3 aromatic heterocycles. The number of aromatic amines is 2. The fourth-order valence-electron chi connectivity index (χ4n) is 4.98. The topological polar surface area (TPSA) is 86.8 Å². The SMILES string of the molecule is Cn1c(=O)[nH]c2ncc(-c3cccc(C(=O)N4CCC(c5cc6ccccc6[nH]5)CC4)c3)cc21. The summed E-state index contributed by atoms with van der Waals surface area (Å²) in [5, 5.41) is 1.24. The van der Waals surface area contributed by atoms with Crippen molar-refractivity contribution in [3.8, 4) is 11.1 Å². The second-order valence-corrected chi connectivity index (χ2v) is 9.04. The van der Waals surface area contributed by atoms with Crippen LogP contribution in [0.4, 0.5) is 0 Å². The molecule has 0 spiro atoms. The van der Waals surface area contributed by atoms with Gasteiger partial charge < -0.3 is 9.88 Å². The molecule has 0 unspecified atom stereocenters. The molecule has 1 aliphatic rings. The third kappa shape index (κ3) is 3.50. The lowest BCUT2D eigenvalue weighted by molar-refractivity contribution is 0.0712. The van der Waals surface area contributed by atoms with Gasteiger partial charge in [-0.2, -0.15) is 0 Å². The molecular formula is C27H25N5O2. The number of nitrogens with one attached hydrogen (secondary N) is 2. The minimum absolute atomic E-state index is 0.0556. The lowest BCUT2D eigenvalue weighted by Crippen LogP contribution is -2.38. The number of fused-ring (bicyclic) bond motifs is 2. The Morgan fingerprint density at radius 2 is 1.79 bits per heavy atom. The minimum Gasteiger partial charge on any atom is -0.358 e. The molecule has 1 saturated heterocycles. The van der Waals surface area contributed by atoms with Crippen LogP contribution in [0.2, 0.25) is 0 Å². The van der Waals surface area contributed by atoms with E-state index >= 15 is 0 Å². The van der Waals surface area contributed by atoms with Crippen molar-refractivity contribution in [1.29, 1.82) is 0 Å². The summed E-state index contributed by atoms with van der Waals surface area (Å²) in [6.45, 7) is 1.48. The van der Waals surface area contributed by atoms with Crippen molar-refractivity contribution in [3.05, 3.63) is 88.6 Å². The molecule has 170 valence electrons. The van der Waals surface area contributed by atoms with Crippen LogP contribution in [0.25, 0.3) is 33.2 Å². The Morgan fingerprint density at radius 3 is 2.62 bits per heavy atom. The number of pyridine rings is 1. The van der Waals surface area contributed by atoms with Gasteiger partial charge in [0, 0.05) is 54.6 Å². The molecule has 0 saturated carbocycles. The third-order valence-corrected chi connectivity index (χ3v) is 6.97. The van der Waals surface area contributed by atoms with Crippen molar-refractivity contribution in [2.75, 3.05) is 13.1 Å². The molecule has 7 nitrogen and oxygen atoms in total. The van der Waals surface area contributed by atoms with Crippen LogP contribution in [0.5, 0.6) is 0 Å². The van der Waals surface area contributed by atoms with Gasteiger partial charge in [0.25, 0.3) is 5.91 Å². The number of rotatable bonds is 3. The first-order valence-electron chi connectivity index (χ1n) is 11.6. The van der Waals surface area contributed by atoms with Crippen LogP contribution in [-0.2, 0) is 7.05 Å². The first-order valence-corrected chi connectivity index (χ1v) is 11.6. The number of aryl methyl sites for hydroxylation is 1. The first kappa shape index (κ1) is 20.5. The van der Waals surface area contributed by atoms with Crippen LogP contribution in [0.3, 0.4) is 0 Å². The number of nitrogens with zero attached hydrogens (tertiary/aromatic N) is 3. The lowest BCUT2D eigenvalue weighted by atomic mass is 9.93. The van der Waals surface area contributed by atoms with Gasteiger partial charge in [0.1, 0.15) is 0 Å². The van der Waals surface area contributed by atoms with Gasteiger partial charge in [-0.25, -0.2) is 9.78 Å². The van der Waals surface area contributed by atoms with E-state index in [1.807, 2.05) is 41.3 Å². The summed E-state index contributed by atoms with van der Waals surface area (Å²) in [5.41, 5.74) is 5.97. The number of aromatic nitrogens is 4. The fraction of sp³-hybridized carbons (Fsp3) is 0.222. The fourth-order valence-corrected chi connectivity index (χ4v) is 4.98. The number of H-pyrrole nitrogens is 2. The monoisotopic (exact) mass is 451 g/mol. The minimum atomic E-state index is -0.195. The normalized spacial score (nSPS) is 14.8. The molecule has 0 bridgehead atoms. The molecule has 1 aliphatic heterocycles. The van der Waals surface area contributed by atoms with Gasteiger partial charge in [-0.3, -0.25) is 14.3 Å². The predicted octanol–water partition coefficient (Wildman–Crippen LogP) is 4.43. The summed E-state index contributed by atoms with van der Waals surface area (Å²) in [6.07, 6.45) is 3.62. The molecule has 0 atom stereocenters. The van der Waals surface area contributed by atoms with E-state index in [-0.39, 0.29) is 11.6 Å². The largest absolute Gasteiger partial charge is 0.358 e. The molecular weight excluding hydrogens is 426 g/mol. The smallest absolute Gasteiger partial charge is 0.327 e. The standard InChI is InChI=1S/C27H25N5O2/c1-31-24-15-21(16-28-25(24)30-27(31)34)18-6-4-7-20(13-18)26(33)32-11-9-17(10-12-32)23-14-19-5-2-3-8-22(19)29-23/h2-8,13-17,29H,9-12H2,1H3,(H,28,30,34). The Labute approximate surface area is 196 Å². The maximum absolute atomic E-state index is 13.3. The highest BCUT2D eigenvalue weighted by atomic mass is 16.2. The second-order valence-electron chi connectivity index (χ2n) is 9.04. The van der Waals surface area contributed by atoms with Crippen molar-refractivity contribution in [2.24, 2.45) is 7.05 Å². The average molecular weight is 452 g/mol. The number of carbonyl (C=O) groups is 1. The van der Waals surface area contributed by atoms with E-state index < -0.39 is 0 Å². The van der Waals surface area contributed by atoms with Gasteiger partial charge >= 0.3 is 5.69 Å². The Bertz CT molecular complexity index is 1550. The number of likely N-dealkylation sites (tertiary alicyclic amines) is 1. The number of imidazole rings is 1.